The topological polar surface area (TPSA) is 38.3 Å². The van der Waals surface area contributed by atoms with Crippen LogP contribution in [0.2, 0.25) is 0 Å². The fourth-order valence-corrected chi connectivity index (χ4v) is 1.69. The van der Waals surface area contributed by atoms with Gasteiger partial charge in [0.2, 0.25) is 0 Å². The van der Waals surface area contributed by atoms with Crippen molar-refractivity contribution in [1.82, 2.24) is 5.32 Å². The van der Waals surface area contributed by atoms with Gasteiger partial charge in [-0.3, -0.25) is 4.79 Å². The van der Waals surface area contributed by atoms with Gasteiger partial charge in [-0.15, -0.1) is 0 Å². The van der Waals surface area contributed by atoms with Crippen molar-refractivity contribution in [2.45, 2.75) is 53.2 Å². The van der Waals surface area contributed by atoms with Gasteiger partial charge in [0.15, 0.2) is 6.10 Å². The van der Waals surface area contributed by atoms with E-state index < -0.39 is 6.10 Å². The highest BCUT2D eigenvalue weighted by molar-refractivity contribution is 5.81. The SMILES string of the molecule is CC[C@H](Oc1cc(C)ccc1C)C(=O)NC(C)C. The van der Waals surface area contributed by atoms with E-state index in [2.05, 4.69) is 5.32 Å². The maximum absolute atomic E-state index is 11.9. The molecule has 0 aromatic heterocycles. The van der Waals surface area contributed by atoms with Gasteiger partial charge < -0.3 is 10.1 Å². The largest absolute Gasteiger partial charge is 0.480 e. The van der Waals surface area contributed by atoms with Gasteiger partial charge in [-0.05, 0) is 51.3 Å². The average molecular weight is 249 g/mol. The molecule has 0 unspecified atom stereocenters. The first-order valence-electron chi connectivity index (χ1n) is 6.48. The summed E-state index contributed by atoms with van der Waals surface area (Å²) in [6.07, 6.45) is 0.235. The summed E-state index contributed by atoms with van der Waals surface area (Å²) in [5, 5.41) is 2.88. The minimum absolute atomic E-state index is 0.0478. The number of carbonyl (C=O) groups excluding carboxylic acids is 1. The Morgan fingerprint density at radius 1 is 1.33 bits per heavy atom. The molecule has 0 heterocycles. The van der Waals surface area contributed by atoms with Crippen molar-refractivity contribution < 1.29 is 9.53 Å². The highest BCUT2D eigenvalue weighted by Gasteiger charge is 2.19. The fraction of sp³-hybridized carbons (Fsp3) is 0.533. The molecule has 0 radical (unpaired) electrons. The molecule has 0 fully saturated rings. The van der Waals surface area contributed by atoms with Crippen molar-refractivity contribution in [1.29, 1.82) is 0 Å². The summed E-state index contributed by atoms with van der Waals surface area (Å²) in [7, 11) is 0. The third kappa shape index (κ3) is 4.06. The summed E-state index contributed by atoms with van der Waals surface area (Å²) in [5.41, 5.74) is 2.19. The molecule has 0 saturated carbocycles. The van der Waals surface area contributed by atoms with Crippen LogP contribution in [0.5, 0.6) is 5.75 Å². The first kappa shape index (κ1) is 14.6. The third-order valence-electron chi connectivity index (χ3n) is 2.71. The number of ether oxygens (including phenoxy) is 1. The van der Waals surface area contributed by atoms with E-state index in [1.807, 2.05) is 52.8 Å². The van der Waals surface area contributed by atoms with Gasteiger partial charge in [-0.2, -0.15) is 0 Å². The maximum atomic E-state index is 11.9. The van der Waals surface area contributed by atoms with Crippen molar-refractivity contribution in [3.8, 4) is 5.75 Å². The van der Waals surface area contributed by atoms with E-state index in [9.17, 15) is 4.79 Å². The summed E-state index contributed by atoms with van der Waals surface area (Å²) < 4.78 is 5.83. The molecule has 18 heavy (non-hydrogen) atoms. The van der Waals surface area contributed by atoms with Crippen LogP contribution in [0.1, 0.15) is 38.3 Å². The van der Waals surface area contributed by atoms with E-state index in [4.69, 9.17) is 4.74 Å². The number of nitrogens with one attached hydrogen (secondary N) is 1. The van der Waals surface area contributed by atoms with Gasteiger partial charge in [-0.25, -0.2) is 0 Å². The number of benzene rings is 1. The lowest BCUT2D eigenvalue weighted by atomic mass is 10.1. The van der Waals surface area contributed by atoms with Crippen molar-refractivity contribution in [3.63, 3.8) is 0 Å². The molecule has 100 valence electrons. The smallest absolute Gasteiger partial charge is 0.261 e. The van der Waals surface area contributed by atoms with Crippen LogP contribution in [-0.4, -0.2) is 18.1 Å². The second-order valence-electron chi connectivity index (χ2n) is 4.95. The molecule has 1 amide bonds. The molecule has 1 atom stereocenters. The number of rotatable bonds is 5. The fourth-order valence-electron chi connectivity index (χ4n) is 1.69. The predicted octanol–water partition coefficient (Wildman–Crippen LogP) is 2.99. The van der Waals surface area contributed by atoms with Gasteiger partial charge in [-0.1, -0.05) is 19.1 Å². The average Bonchev–Trinajstić information content (AvgIpc) is 2.29. The van der Waals surface area contributed by atoms with Crippen LogP contribution in [0.25, 0.3) is 0 Å². The van der Waals surface area contributed by atoms with E-state index in [0.717, 1.165) is 16.9 Å². The van der Waals surface area contributed by atoms with Gasteiger partial charge in [0, 0.05) is 6.04 Å². The minimum atomic E-state index is -0.423. The van der Waals surface area contributed by atoms with Crippen LogP contribution < -0.4 is 10.1 Å². The summed E-state index contributed by atoms with van der Waals surface area (Å²) in [4.78, 5) is 11.9. The van der Waals surface area contributed by atoms with E-state index in [1.54, 1.807) is 0 Å². The van der Waals surface area contributed by atoms with Crippen LogP contribution in [0.3, 0.4) is 0 Å². The monoisotopic (exact) mass is 249 g/mol. The quantitative estimate of drug-likeness (QED) is 0.871. The summed E-state index contributed by atoms with van der Waals surface area (Å²) in [6, 6.07) is 6.16. The lowest BCUT2D eigenvalue weighted by Crippen LogP contribution is -2.41. The molecule has 3 nitrogen and oxygen atoms in total. The zero-order chi connectivity index (χ0) is 13.7. The highest BCUT2D eigenvalue weighted by Crippen LogP contribution is 2.21. The summed E-state index contributed by atoms with van der Waals surface area (Å²) in [5.74, 6) is 0.745. The van der Waals surface area contributed by atoms with Gasteiger partial charge in [0.25, 0.3) is 5.91 Å². The lowest BCUT2D eigenvalue weighted by Gasteiger charge is -2.20. The van der Waals surface area contributed by atoms with Crippen LogP contribution in [0.15, 0.2) is 18.2 Å². The Labute approximate surface area is 110 Å². The second-order valence-corrected chi connectivity index (χ2v) is 4.95. The molecule has 0 aliphatic heterocycles. The van der Waals surface area contributed by atoms with E-state index in [1.165, 1.54) is 0 Å². The molecule has 1 aromatic carbocycles. The van der Waals surface area contributed by atoms with Gasteiger partial charge in [0.1, 0.15) is 5.75 Å². The number of aryl methyl sites for hydroxylation is 2. The number of hydrogen-bond acceptors (Lipinski definition) is 2. The van der Waals surface area contributed by atoms with Crippen LogP contribution in [-0.2, 0) is 4.79 Å². The normalized spacial score (nSPS) is 12.3. The molecular formula is C15H23NO2. The summed E-state index contributed by atoms with van der Waals surface area (Å²) in [6.45, 7) is 9.85. The molecular weight excluding hydrogens is 226 g/mol. The molecule has 1 N–H and O–H groups in total. The molecule has 0 spiro atoms. The first-order chi connectivity index (χ1) is 8.43. The zero-order valence-electron chi connectivity index (χ0n) is 11.9. The first-order valence-corrected chi connectivity index (χ1v) is 6.48. The Kier molecular flexibility index (Phi) is 5.20. The molecule has 0 saturated heterocycles. The molecule has 1 aromatic rings. The van der Waals surface area contributed by atoms with E-state index in [-0.39, 0.29) is 11.9 Å². The Morgan fingerprint density at radius 3 is 2.56 bits per heavy atom. The molecule has 0 aliphatic carbocycles. The number of hydrogen-bond donors (Lipinski definition) is 1. The lowest BCUT2D eigenvalue weighted by molar-refractivity contribution is -0.128. The zero-order valence-corrected chi connectivity index (χ0v) is 11.9. The Hall–Kier alpha value is -1.51. The number of carbonyl (C=O) groups is 1. The third-order valence-corrected chi connectivity index (χ3v) is 2.71. The number of amides is 1. The molecule has 1 rings (SSSR count). The van der Waals surface area contributed by atoms with E-state index >= 15 is 0 Å². The molecule has 3 heteroatoms. The standard InChI is InChI=1S/C15H23NO2/c1-6-13(15(17)16-10(2)3)18-14-9-11(4)7-8-12(14)5/h7-10,13H,6H2,1-5H3,(H,16,17)/t13-/m0/s1. The van der Waals surface area contributed by atoms with E-state index in [0.29, 0.717) is 6.42 Å². The second kappa shape index (κ2) is 6.43. The van der Waals surface area contributed by atoms with Crippen LogP contribution >= 0.6 is 0 Å². The van der Waals surface area contributed by atoms with Gasteiger partial charge in [0.05, 0.1) is 0 Å². The van der Waals surface area contributed by atoms with Gasteiger partial charge >= 0.3 is 0 Å². The molecule has 0 bridgehead atoms. The predicted molar refractivity (Wildman–Crippen MR) is 73.9 cm³/mol. The summed E-state index contributed by atoms with van der Waals surface area (Å²) >= 11 is 0. The van der Waals surface area contributed by atoms with Crippen molar-refractivity contribution in [3.05, 3.63) is 29.3 Å². The molecule has 0 aliphatic rings. The Balaban J connectivity index is 2.79. The minimum Gasteiger partial charge on any atom is -0.480 e. The van der Waals surface area contributed by atoms with Crippen LogP contribution in [0, 0.1) is 13.8 Å². The van der Waals surface area contributed by atoms with Crippen molar-refractivity contribution in [2.75, 3.05) is 0 Å². The Morgan fingerprint density at radius 2 is 2.00 bits per heavy atom. The highest BCUT2D eigenvalue weighted by atomic mass is 16.5. The Bertz CT molecular complexity index is 413. The van der Waals surface area contributed by atoms with Crippen molar-refractivity contribution >= 4 is 5.91 Å². The van der Waals surface area contributed by atoms with Crippen molar-refractivity contribution in [2.24, 2.45) is 0 Å². The van der Waals surface area contributed by atoms with Crippen LogP contribution in [0.4, 0.5) is 0 Å². The maximum Gasteiger partial charge on any atom is 0.261 e.